The molecule has 2 aromatic heterocycles. The molecule has 194 valence electrons. The van der Waals surface area contributed by atoms with Crippen LogP contribution in [-0.2, 0) is 12.1 Å². The van der Waals surface area contributed by atoms with Gasteiger partial charge in [-0.15, -0.1) is 11.3 Å². The Morgan fingerprint density at radius 3 is 2.33 bits per heavy atom. The Morgan fingerprint density at radius 1 is 1.06 bits per heavy atom. The topological polar surface area (TPSA) is 90.6 Å². The lowest BCUT2D eigenvalue weighted by Gasteiger charge is -2.61. The molecule has 2 spiro atoms. The minimum absolute atomic E-state index is 0.0394. The summed E-state index contributed by atoms with van der Waals surface area (Å²) in [4.78, 5) is 27.8. The number of hydrogen-bond donors (Lipinski definition) is 1. The van der Waals surface area contributed by atoms with Crippen LogP contribution in [-0.4, -0.2) is 84.9 Å². The first-order valence-corrected chi connectivity index (χ1v) is 13.7. The number of likely N-dealkylation sites (tertiary alicyclic amines) is 3. The van der Waals surface area contributed by atoms with E-state index in [9.17, 15) is 18.7 Å². The number of amides is 2. The zero-order chi connectivity index (χ0) is 24.7. The predicted octanol–water partition coefficient (Wildman–Crippen LogP) is 3.01. The maximum absolute atomic E-state index is 13.0. The molecular formula is C24H31F2N7O2S. The predicted molar refractivity (Wildman–Crippen MR) is 126 cm³/mol. The number of alkyl halides is 2. The van der Waals surface area contributed by atoms with Crippen LogP contribution >= 0.6 is 11.3 Å². The van der Waals surface area contributed by atoms with Crippen LogP contribution in [0.5, 0.6) is 0 Å². The van der Waals surface area contributed by atoms with Crippen molar-refractivity contribution in [3.05, 3.63) is 28.2 Å². The molecule has 2 aromatic rings. The fourth-order valence-electron chi connectivity index (χ4n) is 6.58. The fraction of sp³-hybridized carbons (Fsp3) is 0.750. The van der Waals surface area contributed by atoms with Crippen molar-refractivity contribution in [2.45, 2.75) is 63.1 Å². The number of carbonyl (C=O) groups is 1. The van der Waals surface area contributed by atoms with E-state index in [2.05, 4.69) is 20.0 Å². The molecule has 3 saturated heterocycles. The summed E-state index contributed by atoms with van der Waals surface area (Å²) in [6.45, 7) is 5.75. The van der Waals surface area contributed by atoms with Crippen molar-refractivity contribution < 1.29 is 18.7 Å². The highest BCUT2D eigenvalue weighted by molar-refractivity contribution is 7.11. The SMILES string of the molecule is O=C(N1CC2(CCN(Cc3ncc(C(F)F)s3)CC2)C1)N1CC2(CC(n3cnc(C4(O)CC4)n3)C2)C1. The second-order valence-electron chi connectivity index (χ2n) is 11.9. The summed E-state index contributed by atoms with van der Waals surface area (Å²) in [7, 11) is 0. The van der Waals surface area contributed by atoms with Gasteiger partial charge in [0, 0.05) is 43.2 Å². The van der Waals surface area contributed by atoms with Crippen molar-refractivity contribution in [3.8, 4) is 0 Å². The number of aliphatic hydroxyl groups is 1. The highest BCUT2D eigenvalue weighted by Crippen LogP contribution is 2.55. The van der Waals surface area contributed by atoms with E-state index in [1.165, 1.54) is 6.20 Å². The Labute approximate surface area is 212 Å². The summed E-state index contributed by atoms with van der Waals surface area (Å²) in [5, 5.41) is 15.5. The van der Waals surface area contributed by atoms with Crippen LogP contribution in [0.1, 0.15) is 66.7 Å². The zero-order valence-electron chi connectivity index (χ0n) is 20.2. The lowest BCUT2D eigenvalue weighted by Crippen LogP contribution is -2.70. The number of nitrogens with zero attached hydrogens (tertiary/aromatic N) is 7. The van der Waals surface area contributed by atoms with E-state index in [0.717, 1.165) is 94.1 Å². The van der Waals surface area contributed by atoms with Gasteiger partial charge in [-0.25, -0.2) is 28.2 Å². The summed E-state index contributed by atoms with van der Waals surface area (Å²) in [5.74, 6) is 0.551. The Balaban J connectivity index is 0.844. The van der Waals surface area contributed by atoms with E-state index >= 15 is 0 Å². The molecule has 7 rings (SSSR count). The standard InChI is InChI=1S/C24H31F2N7O2S/c25-19(26)17-9-27-18(36-17)10-30-5-3-22(4-6-30)11-31(12-22)21(34)32-13-23(14-32)7-16(8-23)33-15-28-20(29-33)24(35)1-2-24/h9,15-16,19,35H,1-8,10-14H2. The fourth-order valence-corrected chi connectivity index (χ4v) is 7.40. The van der Waals surface area contributed by atoms with E-state index in [-0.39, 0.29) is 21.7 Å². The van der Waals surface area contributed by atoms with Crippen LogP contribution in [0.4, 0.5) is 13.6 Å². The Kier molecular flexibility index (Phi) is 5.05. The van der Waals surface area contributed by atoms with E-state index in [0.29, 0.717) is 18.4 Å². The van der Waals surface area contributed by atoms with Gasteiger partial charge < -0.3 is 14.9 Å². The highest BCUT2D eigenvalue weighted by atomic mass is 32.1. The van der Waals surface area contributed by atoms with E-state index in [4.69, 9.17) is 0 Å². The highest BCUT2D eigenvalue weighted by Gasteiger charge is 2.57. The first-order valence-electron chi connectivity index (χ1n) is 12.9. The molecule has 5 heterocycles. The molecule has 0 aromatic carbocycles. The third-order valence-corrected chi connectivity index (χ3v) is 10.1. The van der Waals surface area contributed by atoms with Gasteiger partial charge in [-0.3, -0.25) is 4.90 Å². The summed E-state index contributed by atoms with van der Waals surface area (Å²) in [6, 6.07) is 0.480. The van der Waals surface area contributed by atoms with Gasteiger partial charge >= 0.3 is 6.03 Å². The Morgan fingerprint density at radius 2 is 1.72 bits per heavy atom. The molecule has 5 aliphatic rings. The monoisotopic (exact) mass is 519 g/mol. The third-order valence-electron chi connectivity index (χ3n) is 9.07. The number of rotatable bonds is 5. The molecule has 2 amide bonds. The van der Waals surface area contributed by atoms with Crippen LogP contribution < -0.4 is 0 Å². The zero-order valence-corrected chi connectivity index (χ0v) is 21.0. The molecule has 2 saturated carbocycles. The lowest BCUT2D eigenvalue weighted by molar-refractivity contribution is -0.0911. The van der Waals surface area contributed by atoms with Crippen molar-refractivity contribution in [1.82, 2.24) is 34.4 Å². The molecule has 1 N–H and O–H groups in total. The minimum atomic E-state index is -2.45. The van der Waals surface area contributed by atoms with E-state index in [1.54, 1.807) is 6.33 Å². The smallest absolute Gasteiger partial charge is 0.320 e. The van der Waals surface area contributed by atoms with Crippen LogP contribution in [0.2, 0.25) is 0 Å². The normalized spacial score (nSPS) is 26.2. The van der Waals surface area contributed by atoms with Crippen LogP contribution in [0.25, 0.3) is 0 Å². The average molecular weight is 520 g/mol. The van der Waals surface area contributed by atoms with Crippen molar-refractivity contribution in [2.24, 2.45) is 10.8 Å². The largest absolute Gasteiger partial charge is 0.382 e. The quantitative estimate of drug-likeness (QED) is 0.653. The van der Waals surface area contributed by atoms with Crippen molar-refractivity contribution in [1.29, 1.82) is 0 Å². The van der Waals surface area contributed by atoms with Gasteiger partial charge in [-0.05, 0) is 51.6 Å². The summed E-state index contributed by atoms with van der Waals surface area (Å²) < 4.78 is 27.5. The molecule has 0 atom stereocenters. The summed E-state index contributed by atoms with van der Waals surface area (Å²) >= 11 is 1.10. The Hall–Kier alpha value is -2.18. The molecule has 2 aliphatic carbocycles. The number of aromatic nitrogens is 4. The van der Waals surface area contributed by atoms with Crippen molar-refractivity contribution in [2.75, 3.05) is 39.3 Å². The van der Waals surface area contributed by atoms with Crippen LogP contribution in [0.15, 0.2) is 12.5 Å². The molecule has 0 bridgehead atoms. The van der Waals surface area contributed by atoms with Gasteiger partial charge in [0.25, 0.3) is 6.43 Å². The average Bonchev–Trinajstić information content (AvgIpc) is 3.17. The summed E-state index contributed by atoms with van der Waals surface area (Å²) in [5.41, 5.74) is -0.361. The van der Waals surface area contributed by atoms with E-state index < -0.39 is 12.0 Å². The number of thiazole rings is 1. The van der Waals surface area contributed by atoms with Gasteiger partial charge in [0.05, 0.1) is 17.5 Å². The van der Waals surface area contributed by atoms with Gasteiger partial charge in [-0.2, -0.15) is 5.10 Å². The number of carbonyl (C=O) groups excluding carboxylic acids is 1. The van der Waals surface area contributed by atoms with E-state index in [1.807, 2.05) is 14.5 Å². The van der Waals surface area contributed by atoms with Crippen LogP contribution in [0, 0.1) is 10.8 Å². The molecule has 5 fully saturated rings. The number of urea groups is 1. The second-order valence-corrected chi connectivity index (χ2v) is 13.0. The molecule has 3 aliphatic heterocycles. The van der Waals surface area contributed by atoms with Crippen LogP contribution in [0.3, 0.4) is 0 Å². The molecule has 12 heteroatoms. The van der Waals surface area contributed by atoms with Gasteiger partial charge in [0.2, 0.25) is 0 Å². The van der Waals surface area contributed by atoms with Crippen molar-refractivity contribution >= 4 is 17.4 Å². The first-order chi connectivity index (χ1) is 17.2. The minimum Gasteiger partial charge on any atom is -0.382 e. The molecule has 36 heavy (non-hydrogen) atoms. The number of halogens is 2. The number of piperidine rings is 1. The van der Waals surface area contributed by atoms with Gasteiger partial charge in [0.1, 0.15) is 16.9 Å². The van der Waals surface area contributed by atoms with Gasteiger partial charge in [-0.1, -0.05) is 0 Å². The number of hydrogen-bond acceptors (Lipinski definition) is 7. The second kappa shape index (κ2) is 7.91. The maximum Gasteiger partial charge on any atom is 0.320 e. The third kappa shape index (κ3) is 3.83. The first kappa shape index (κ1) is 23.0. The molecular weight excluding hydrogens is 488 g/mol. The summed E-state index contributed by atoms with van der Waals surface area (Å²) in [6.07, 6.45) is 6.16. The van der Waals surface area contributed by atoms with Crippen molar-refractivity contribution in [3.63, 3.8) is 0 Å². The molecule has 0 radical (unpaired) electrons. The molecule has 0 unspecified atom stereocenters. The van der Waals surface area contributed by atoms with Gasteiger partial charge in [0.15, 0.2) is 5.82 Å². The Bertz CT molecular complexity index is 1150. The maximum atomic E-state index is 13.0. The molecule has 9 nitrogen and oxygen atoms in total. The lowest BCUT2D eigenvalue weighted by atomic mass is 9.60.